The van der Waals surface area contributed by atoms with Gasteiger partial charge in [0.1, 0.15) is 6.33 Å². The number of aliphatic imine (C=N–C) groups is 1. The average molecular weight is 520 g/mol. The molecule has 1 aliphatic heterocycles. The number of nitrogens with one attached hydrogen (secondary N) is 3. The van der Waals surface area contributed by atoms with Gasteiger partial charge in [0, 0.05) is 18.7 Å². The Morgan fingerprint density at radius 1 is 1.10 bits per heavy atom. The van der Waals surface area contributed by atoms with Gasteiger partial charge < -0.3 is 20.1 Å². The first-order chi connectivity index (χ1) is 14.3. The van der Waals surface area contributed by atoms with Crippen molar-refractivity contribution in [2.24, 2.45) is 4.99 Å². The van der Waals surface area contributed by atoms with Crippen molar-refractivity contribution in [3.05, 3.63) is 59.9 Å². The van der Waals surface area contributed by atoms with E-state index in [1.165, 1.54) is 11.9 Å². The lowest BCUT2D eigenvalue weighted by molar-refractivity contribution is 0.174. The minimum atomic E-state index is 0. The molecule has 3 N–H and O–H groups in total. The number of guanidine groups is 1. The molecular formula is C21H25IN6O2. The number of ether oxygens (including phenoxy) is 2. The monoisotopic (exact) mass is 520 g/mol. The van der Waals surface area contributed by atoms with E-state index in [9.17, 15) is 0 Å². The second kappa shape index (κ2) is 10.8. The largest absolute Gasteiger partial charge is 0.454 e. The van der Waals surface area contributed by atoms with Crippen LogP contribution in [0.15, 0.2) is 53.8 Å². The minimum Gasteiger partial charge on any atom is -0.454 e. The van der Waals surface area contributed by atoms with Crippen LogP contribution in [-0.4, -0.2) is 41.0 Å². The van der Waals surface area contributed by atoms with Crippen molar-refractivity contribution < 1.29 is 9.47 Å². The molecule has 1 aromatic heterocycles. The maximum Gasteiger partial charge on any atom is 0.231 e. The normalized spacial score (nSPS) is 12.4. The van der Waals surface area contributed by atoms with Crippen molar-refractivity contribution in [2.75, 3.05) is 19.9 Å². The summed E-state index contributed by atoms with van der Waals surface area (Å²) in [6.45, 7) is 4.49. The van der Waals surface area contributed by atoms with Gasteiger partial charge in [-0.2, -0.15) is 5.10 Å². The molecule has 1 aliphatic rings. The number of aromatic amines is 1. The Labute approximate surface area is 192 Å². The molecule has 0 unspecified atom stereocenters. The third-order valence-electron chi connectivity index (χ3n) is 4.52. The maximum absolute atomic E-state index is 5.44. The van der Waals surface area contributed by atoms with Crippen LogP contribution < -0.4 is 20.1 Å². The van der Waals surface area contributed by atoms with Crippen molar-refractivity contribution in [1.29, 1.82) is 0 Å². The number of hydrogen-bond donors (Lipinski definition) is 3. The Bertz CT molecular complexity index is 977. The van der Waals surface area contributed by atoms with E-state index in [0.717, 1.165) is 53.9 Å². The average Bonchev–Trinajstić information content (AvgIpc) is 3.44. The number of fused-ring (bicyclic) bond motifs is 1. The zero-order chi connectivity index (χ0) is 19.9. The smallest absolute Gasteiger partial charge is 0.231 e. The summed E-state index contributed by atoms with van der Waals surface area (Å²) in [6.07, 6.45) is 2.37. The van der Waals surface area contributed by atoms with Crippen LogP contribution in [0.3, 0.4) is 0 Å². The zero-order valence-corrected chi connectivity index (χ0v) is 19.1. The predicted molar refractivity (Wildman–Crippen MR) is 126 cm³/mol. The van der Waals surface area contributed by atoms with Gasteiger partial charge in [0.05, 0.1) is 6.54 Å². The fraction of sp³-hybridized carbons (Fsp3) is 0.286. The van der Waals surface area contributed by atoms with E-state index >= 15 is 0 Å². The van der Waals surface area contributed by atoms with E-state index in [1.54, 1.807) is 0 Å². The Kier molecular flexibility index (Phi) is 7.89. The van der Waals surface area contributed by atoms with Gasteiger partial charge >= 0.3 is 0 Å². The van der Waals surface area contributed by atoms with E-state index in [0.29, 0.717) is 13.3 Å². The van der Waals surface area contributed by atoms with Crippen LogP contribution in [0, 0.1) is 0 Å². The lowest BCUT2D eigenvalue weighted by Crippen LogP contribution is -2.38. The predicted octanol–water partition coefficient (Wildman–Crippen LogP) is 3.12. The van der Waals surface area contributed by atoms with Crippen molar-refractivity contribution >= 4 is 29.9 Å². The summed E-state index contributed by atoms with van der Waals surface area (Å²) >= 11 is 0. The molecular weight excluding hydrogens is 495 g/mol. The van der Waals surface area contributed by atoms with Crippen LogP contribution in [0.25, 0.3) is 11.4 Å². The van der Waals surface area contributed by atoms with Crippen LogP contribution in [0.2, 0.25) is 0 Å². The lowest BCUT2D eigenvalue weighted by Gasteiger charge is -2.12. The van der Waals surface area contributed by atoms with Crippen molar-refractivity contribution in [3.8, 4) is 22.9 Å². The molecule has 4 rings (SSSR count). The molecule has 0 aliphatic carbocycles. The lowest BCUT2D eigenvalue weighted by atomic mass is 10.1. The number of hydrogen-bond acceptors (Lipinski definition) is 5. The Hall–Kier alpha value is -2.82. The number of benzene rings is 2. The summed E-state index contributed by atoms with van der Waals surface area (Å²) in [5.74, 6) is 3.17. The van der Waals surface area contributed by atoms with Gasteiger partial charge in [-0.15, -0.1) is 24.0 Å². The van der Waals surface area contributed by atoms with Crippen LogP contribution in [0.5, 0.6) is 11.5 Å². The fourth-order valence-electron chi connectivity index (χ4n) is 3.10. The van der Waals surface area contributed by atoms with Gasteiger partial charge in [-0.05, 0) is 42.7 Å². The third kappa shape index (κ3) is 5.62. The van der Waals surface area contributed by atoms with Crippen LogP contribution in [0.4, 0.5) is 0 Å². The fourth-order valence-corrected chi connectivity index (χ4v) is 3.10. The molecule has 3 aromatic rings. The number of halogens is 1. The number of nitrogens with zero attached hydrogens (tertiary/aromatic N) is 3. The number of aromatic nitrogens is 3. The third-order valence-corrected chi connectivity index (χ3v) is 4.52. The summed E-state index contributed by atoms with van der Waals surface area (Å²) in [7, 11) is 0. The first kappa shape index (κ1) is 21.9. The molecule has 0 spiro atoms. The van der Waals surface area contributed by atoms with Gasteiger partial charge in [-0.3, -0.25) is 5.10 Å². The second-order valence-corrected chi connectivity index (χ2v) is 6.59. The SMILES string of the molecule is CCNC(=NCc1cccc(-c2ncn[nH]2)c1)NCCc1ccc2c(c1)OCO2.I. The summed E-state index contributed by atoms with van der Waals surface area (Å²) in [5, 5.41) is 13.5. The minimum absolute atomic E-state index is 0. The molecule has 0 saturated carbocycles. The van der Waals surface area contributed by atoms with Gasteiger partial charge in [-0.25, -0.2) is 9.98 Å². The summed E-state index contributed by atoms with van der Waals surface area (Å²) in [6, 6.07) is 14.2. The first-order valence-corrected chi connectivity index (χ1v) is 9.67. The quantitative estimate of drug-likeness (QED) is 0.252. The van der Waals surface area contributed by atoms with Gasteiger partial charge in [0.15, 0.2) is 23.3 Å². The standard InChI is InChI=1S/C21H24N6O2.HI/c1-2-22-21(23-9-8-15-6-7-18-19(11-15)29-14-28-18)24-12-16-4-3-5-17(10-16)20-25-13-26-27-20;/h3-7,10-11,13H,2,8-9,12,14H2,1H3,(H2,22,23,24)(H,25,26,27);1H. The Balaban J connectivity index is 0.00000256. The topological polar surface area (TPSA) is 96.5 Å². The van der Waals surface area contributed by atoms with Crippen molar-refractivity contribution in [2.45, 2.75) is 19.9 Å². The number of rotatable bonds is 7. The van der Waals surface area contributed by atoms with Gasteiger partial charge in [0.2, 0.25) is 6.79 Å². The molecule has 0 fully saturated rings. The molecule has 0 saturated heterocycles. The highest BCUT2D eigenvalue weighted by molar-refractivity contribution is 14.0. The van der Waals surface area contributed by atoms with E-state index in [-0.39, 0.29) is 24.0 Å². The Morgan fingerprint density at radius 2 is 2.00 bits per heavy atom. The van der Waals surface area contributed by atoms with E-state index in [1.807, 2.05) is 24.3 Å². The van der Waals surface area contributed by atoms with Crippen LogP contribution in [-0.2, 0) is 13.0 Å². The first-order valence-electron chi connectivity index (χ1n) is 9.67. The van der Waals surface area contributed by atoms with Crippen LogP contribution in [0.1, 0.15) is 18.1 Å². The molecule has 2 heterocycles. The highest BCUT2D eigenvalue weighted by Gasteiger charge is 2.13. The summed E-state index contributed by atoms with van der Waals surface area (Å²) < 4.78 is 10.8. The Morgan fingerprint density at radius 3 is 2.83 bits per heavy atom. The highest BCUT2D eigenvalue weighted by Crippen LogP contribution is 2.32. The van der Waals surface area contributed by atoms with E-state index in [2.05, 4.69) is 50.9 Å². The van der Waals surface area contributed by atoms with Crippen LogP contribution >= 0.6 is 24.0 Å². The van der Waals surface area contributed by atoms with Crippen molar-refractivity contribution in [1.82, 2.24) is 25.8 Å². The van der Waals surface area contributed by atoms with Gasteiger partial charge in [0.25, 0.3) is 0 Å². The molecule has 8 nitrogen and oxygen atoms in total. The highest BCUT2D eigenvalue weighted by atomic mass is 127. The molecule has 0 radical (unpaired) electrons. The second-order valence-electron chi connectivity index (χ2n) is 6.59. The van der Waals surface area contributed by atoms with Crippen molar-refractivity contribution in [3.63, 3.8) is 0 Å². The van der Waals surface area contributed by atoms with E-state index < -0.39 is 0 Å². The number of H-pyrrole nitrogens is 1. The van der Waals surface area contributed by atoms with Gasteiger partial charge in [-0.1, -0.05) is 24.3 Å². The molecule has 2 aromatic carbocycles. The maximum atomic E-state index is 5.44. The molecule has 0 bridgehead atoms. The van der Waals surface area contributed by atoms with E-state index in [4.69, 9.17) is 14.5 Å². The molecule has 158 valence electrons. The molecule has 0 amide bonds. The molecule has 30 heavy (non-hydrogen) atoms. The molecule has 9 heteroatoms. The zero-order valence-electron chi connectivity index (χ0n) is 16.7. The summed E-state index contributed by atoms with van der Waals surface area (Å²) in [5.41, 5.74) is 3.29. The molecule has 0 atom stereocenters. The summed E-state index contributed by atoms with van der Waals surface area (Å²) in [4.78, 5) is 8.90.